The summed E-state index contributed by atoms with van der Waals surface area (Å²) in [5.41, 5.74) is 0. The fraction of sp³-hybridized carbons (Fsp3) is 0.529. The number of carbonyl (C=O) groups excluding carboxylic acids is 1. The molecule has 0 radical (unpaired) electrons. The van der Waals surface area contributed by atoms with Crippen LogP contribution in [0, 0.1) is 0 Å². The Morgan fingerprint density at radius 1 is 1.28 bits per heavy atom. The number of rotatable bonds is 6. The summed E-state index contributed by atoms with van der Waals surface area (Å²) in [7, 11) is 0. The molecule has 0 aromatic carbocycles. The van der Waals surface area contributed by atoms with Gasteiger partial charge in [-0.2, -0.15) is 4.98 Å². The molecule has 0 atom stereocenters. The van der Waals surface area contributed by atoms with Crippen molar-refractivity contribution in [1.29, 1.82) is 0 Å². The van der Waals surface area contributed by atoms with Crippen LogP contribution in [0.5, 0.6) is 0 Å². The van der Waals surface area contributed by atoms with Gasteiger partial charge in [-0.3, -0.25) is 4.79 Å². The van der Waals surface area contributed by atoms with E-state index in [9.17, 15) is 4.79 Å². The van der Waals surface area contributed by atoms with E-state index < -0.39 is 0 Å². The second-order valence-corrected chi connectivity index (χ2v) is 6.34. The number of pyridine rings is 1. The van der Waals surface area contributed by atoms with Crippen LogP contribution in [0.2, 0.25) is 0 Å². The molecule has 1 fully saturated rings. The van der Waals surface area contributed by atoms with E-state index in [1.807, 2.05) is 36.9 Å². The molecule has 0 bridgehead atoms. The molecular formula is C17H24N6O2. The van der Waals surface area contributed by atoms with Crippen LogP contribution in [0.15, 0.2) is 28.9 Å². The topological polar surface area (TPSA) is 87.4 Å². The number of nitrogens with one attached hydrogen (secondary N) is 1. The van der Waals surface area contributed by atoms with E-state index in [2.05, 4.69) is 25.3 Å². The molecule has 8 heteroatoms. The van der Waals surface area contributed by atoms with Crippen LogP contribution in [0.3, 0.4) is 0 Å². The van der Waals surface area contributed by atoms with E-state index in [-0.39, 0.29) is 11.8 Å². The molecule has 0 aliphatic carbocycles. The van der Waals surface area contributed by atoms with E-state index in [4.69, 9.17) is 4.52 Å². The van der Waals surface area contributed by atoms with Gasteiger partial charge in [-0.1, -0.05) is 25.1 Å². The second kappa shape index (κ2) is 7.96. The minimum Gasteiger partial charge on any atom is -0.353 e. The Bertz CT molecular complexity index is 679. The van der Waals surface area contributed by atoms with Crippen molar-refractivity contribution in [3.8, 4) is 0 Å². The molecule has 3 heterocycles. The summed E-state index contributed by atoms with van der Waals surface area (Å²) in [6, 6.07) is 6.26. The van der Waals surface area contributed by atoms with Crippen molar-refractivity contribution in [1.82, 2.24) is 20.0 Å². The monoisotopic (exact) mass is 344 g/mol. The maximum Gasteiger partial charge on any atom is 0.321 e. The molecule has 134 valence electrons. The van der Waals surface area contributed by atoms with E-state index in [0.717, 1.165) is 18.9 Å². The summed E-state index contributed by atoms with van der Waals surface area (Å²) in [6.45, 7) is 7.53. The molecule has 8 nitrogen and oxygen atoms in total. The SMILES string of the molecule is CC(C)c1noc(NCCC(=O)N2CCN(c3ccccn3)CC2)n1. The molecule has 0 unspecified atom stereocenters. The quantitative estimate of drug-likeness (QED) is 0.854. The molecule has 1 aliphatic rings. The fourth-order valence-corrected chi connectivity index (χ4v) is 2.70. The Morgan fingerprint density at radius 3 is 2.72 bits per heavy atom. The van der Waals surface area contributed by atoms with E-state index >= 15 is 0 Å². The van der Waals surface area contributed by atoms with E-state index in [1.165, 1.54) is 0 Å². The third kappa shape index (κ3) is 4.46. The minimum absolute atomic E-state index is 0.136. The standard InChI is InChI=1S/C17H24N6O2/c1-13(2)16-20-17(25-21-16)19-8-6-15(24)23-11-9-22(10-12-23)14-5-3-4-7-18-14/h3-5,7,13H,6,8-12H2,1-2H3,(H,19,20,21). The smallest absolute Gasteiger partial charge is 0.321 e. The first kappa shape index (κ1) is 17.2. The maximum absolute atomic E-state index is 12.3. The fourth-order valence-electron chi connectivity index (χ4n) is 2.70. The summed E-state index contributed by atoms with van der Waals surface area (Å²) < 4.78 is 5.11. The van der Waals surface area contributed by atoms with Crippen molar-refractivity contribution in [2.75, 3.05) is 42.9 Å². The average Bonchev–Trinajstić information content (AvgIpc) is 3.12. The number of nitrogens with zero attached hydrogens (tertiary/aromatic N) is 5. The zero-order chi connectivity index (χ0) is 17.6. The first-order valence-corrected chi connectivity index (χ1v) is 8.64. The highest BCUT2D eigenvalue weighted by atomic mass is 16.5. The second-order valence-electron chi connectivity index (χ2n) is 6.34. The molecule has 2 aromatic rings. The highest BCUT2D eigenvalue weighted by Gasteiger charge is 2.21. The number of amides is 1. The molecule has 1 aliphatic heterocycles. The summed E-state index contributed by atoms with van der Waals surface area (Å²) in [5, 5.41) is 6.90. The van der Waals surface area contributed by atoms with Crippen LogP contribution in [-0.2, 0) is 4.79 Å². The van der Waals surface area contributed by atoms with Gasteiger partial charge in [0, 0.05) is 51.3 Å². The van der Waals surface area contributed by atoms with Crippen molar-refractivity contribution in [2.45, 2.75) is 26.2 Å². The van der Waals surface area contributed by atoms with Gasteiger partial charge < -0.3 is 19.6 Å². The van der Waals surface area contributed by atoms with Crippen molar-refractivity contribution in [2.24, 2.45) is 0 Å². The Labute approximate surface area is 147 Å². The predicted octanol–water partition coefficient (Wildman–Crippen LogP) is 1.74. The van der Waals surface area contributed by atoms with Gasteiger partial charge in [-0.05, 0) is 12.1 Å². The third-order valence-electron chi connectivity index (χ3n) is 4.18. The Morgan fingerprint density at radius 2 is 2.08 bits per heavy atom. The lowest BCUT2D eigenvalue weighted by Gasteiger charge is -2.35. The van der Waals surface area contributed by atoms with Crippen LogP contribution in [0.1, 0.15) is 32.0 Å². The maximum atomic E-state index is 12.3. The number of hydrogen-bond donors (Lipinski definition) is 1. The molecule has 25 heavy (non-hydrogen) atoms. The molecule has 0 saturated carbocycles. The third-order valence-corrected chi connectivity index (χ3v) is 4.18. The van der Waals surface area contributed by atoms with E-state index in [1.54, 1.807) is 6.20 Å². The first-order valence-electron chi connectivity index (χ1n) is 8.64. The van der Waals surface area contributed by atoms with Gasteiger partial charge in [-0.25, -0.2) is 4.98 Å². The molecule has 1 amide bonds. The Hall–Kier alpha value is -2.64. The molecule has 0 spiro atoms. The lowest BCUT2D eigenvalue weighted by atomic mass is 10.2. The molecule has 3 rings (SSSR count). The van der Waals surface area contributed by atoms with Crippen molar-refractivity contribution < 1.29 is 9.32 Å². The largest absolute Gasteiger partial charge is 0.353 e. The number of hydrogen-bond acceptors (Lipinski definition) is 7. The summed E-state index contributed by atoms with van der Waals surface area (Å²) in [6.07, 6.45) is 2.20. The number of carbonyl (C=O) groups is 1. The predicted molar refractivity (Wildman–Crippen MR) is 94.5 cm³/mol. The molecular weight excluding hydrogens is 320 g/mol. The summed E-state index contributed by atoms with van der Waals surface area (Å²) in [5.74, 6) is 1.99. The van der Waals surface area contributed by atoms with Gasteiger partial charge in [0.1, 0.15) is 5.82 Å². The highest BCUT2D eigenvalue weighted by Crippen LogP contribution is 2.14. The van der Waals surface area contributed by atoms with Gasteiger partial charge >= 0.3 is 6.01 Å². The zero-order valence-corrected chi connectivity index (χ0v) is 14.7. The summed E-state index contributed by atoms with van der Waals surface area (Å²) in [4.78, 5) is 25.0. The van der Waals surface area contributed by atoms with Gasteiger partial charge in [0.05, 0.1) is 0 Å². The summed E-state index contributed by atoms with van der Waals surface area (Å²) >= 11 is 0. The van der Waals surface area contributed by atoms with Crippen LogP contribution in [0.25, 0.3) is 0 Å². The lowest BCUT2D eigenvalue weighted by Crippen LogP contribution is -2.49. The van der Waals surface area contributed by atoms with Crippen LogP contribution in [0.4, 0.5) is 11.8 Å². The lowest BCUT2D eigenvalue weighted by molar-refractivity contribution is -0.131. The Balaban J connectivity index is 1.40. The van der Waals surface area contributed by atoms with E-state index in [0.29, 0.717) is 37.9 Å². The Kier molecular flexibility index (Phi) is 5.47. The normalized spacial score (nSPS) is 14.8. The molecule has 1 N–H and O–H groups in total. The van der Waals surface area contributed by atoms with Gasteiger partial charge in [0.15, 0.2) is 5.82 Å². The van der Waals surface area contributed by atoms with Crippen molar-refractivity contribution in [3.63, 3.8) is 0 Å². The van der Waals surface area contributed by atoms with Crippen LogP contribution in [-0.4, -0.2) is 58.7 Å². The molecule has 1 saturated heterocycles. The molecule has 2 aromatic heterocycles. The van der Waals surface area contributed by atoms with Crippen LogP contribution >= 0.6 is 0 Å². The van der Waals surface area contributed by atoms with Crippen molar-refractivity contribution in [3.05, 3.63) is 30.2 Å². The number of anilines is 2. The average molecular weight is 344 g/mol. The van der Waals surface area contributed by atoms with Crippen molar-refractivity contribution >= 4 is 17.7 Å². The first-order chi connectivity index (χ1) is 12.1. The number of piperazine rings is 1. The minimum atomic E-state index is 0.136. The van der Waals surface area contributed by atoms with Gasteiger partial charge in [-0.15, -0.1) is 0 Å². The zero-order valence-electron chi connectivity index (χ0n) is 14.7. The van der Waals surface area contributed by atoms with Gasteiger partial charge in [0.25, 0.3) is 0 Å². The number of aromatic nitrogens is 3. The van der Waals surface area contributed by atoms with Gasteiger partial charge in [0.2, 0.25) is 5.91 Å². The highest BCUT2D eigenvalue weighted by molar-refractivity contribution is 5.77. The van der Waals surface area contributed by atoms with Crippen LogP contribution < -0.4 is 10.2 Å².